The molecule has 0 fully saturated rings. The number of carbonyl (C=O) groups is 2. The maximum atomic E-state index is 12.7. The summed E-state index contributed by atoms with van der Waals surface area (Å²) in [7, 11) is 0. The maximum absolute atomic E-state index is 12.7. The predicted molar refractivity (Wildman–Crippen MR) is 121 cm³/mol. The molecular formula is C21H16Cl2N4O3S. The number of pyridine rings is 1. The Labute approximate surface area is 191 Å². The first kappa shape index (κ1) is 21.3. The van der Waals surface area contributed by atoms with E-state index in [4.69, 9.17) is 27.9 Å². The van der Waals surface area contributed by atoms with E-state index in [2.05, 4.69) is 15.4 Å². The number of aromatic nitrogens is 3. The van der Waals surface area contributed by atoms with Gasteiger partial charge in [-0.2, -0.15) is 5.10 Å². The molecule has 3 heterocycles. The van der Waals surface area contributed by atoms with Gasteiger partial charge in [0, 0.05) is 16.6 Å². The average Bonchev–Trinajstić information content (AvgIpc) is 3.31. The third kappa shape index (κ3) is 4.41. The average molecular weight is 475 g/mol. The van der Waals surface area contributed by atoms with Gasteiger partial charge in [-0.1, -0.05) is 23.2 Å². The lowest BCUT2D eigenvalue weighted by molar-refractivity contribution is -0.123. The first-order chi connectivity index (χ1) is 14.8. The number of amides is 1. The number of rotatable bonds is 5. The highest BCUT2D eigenvalue weighted by molar-refractivity contribution is 7.20. The fourth-order valence-electron chi connectivity index (χ4n) is 2.89. The van der Waals surface area contributed by atoms with Crippen molar-refractivity contribution in [3.8, 4) is 5.69 Å². The third-order valence-corrected chi connectivity index (χ3v) is 6.13. The van der Waals surface area contributed by atoms with Crippen LogP contribution in [-0.4, -0.2) is 32.7 Å². The van der Waals surface area contributed by atoms with Crippen molar-refractivity contribution < 1.29 is 14.3 Å². The Morgan fingerprint density at radius 3 is 2.65 bits per heavy atom. The Balaban J connectivity index is 1.53. The Kier molecular flexibility index (Phi) is 5.95. The predicted octanol–water partition coefficient (Wildman–Crippen LogP) is 5.28. The fourth-order valence-corrected chi connectivity index (χ4v) is 4.25. The van der Waals surface area contributed by atoms with Gasteiger partial charge in [0.2, 0.25) is 0 Å². The summed E-state index contributed by atoms with van der Waals surface area (Å²) in [4.78, 5) is 30.1. The Morgan fingerprint density at radius 2 is 1.94 bits per heavy atom. The molecule has 10 heteroatoms. The van der Waals surface area contributed by atoms with E-state index >= 15 is 0 Å². The molecule has 0 aliphatic heterocycles. The summed E-state index contributed by atoms with van der Waals surface area (Å²) in [5.74, 6) is -1.10. The molecular weight excluding hydrogens is 459 g/mol. The van der Waals surface area contributed by atoms with Crippen molar-refractivity contribution in [2.75, 3.05) is 5.32 Å². The van der Waals surface area contributed by atoms with Crippen LogP contribution in [0.1, 0.15) is 22.3 Å². The number of hydrogen-bond acceptors (Lipinski definition) is 6. The highest BCUT2D eigenvalue weighted by atomic mass is 35.5. The SMILES string of the molecule is Cc1nn(-c2ccc(Cl)cc2)c2sc(C(=O)O[C@@H](C)C(=O)Nc3cccnc3Cl)cc12. The van der Waals surface area contributed by atoms with Crippen molar-refractivity contribution in [2.24, 2.45) is 0 Å². The van der Waals surface area contributed by atoms with Crippen LogP contribution in [-0.2, 0) is 9.53 Å². The molecule has 1 N–H and O–H groups in total. The summed E-state index contributed by atoms with van der Waals surface area (Å²) in [5, 5.41) is 8.76. The molecule has 0 unspecified atom stereocenters. The standard InChI is InChI=1S/C21H16Cl2N4O3S/c1-11-15-10-17(31-20(15)27(26-11)14-7-5-13(22)6-8-14)21(29)30-12(2)19(28)25-16-4-3-9-24-18(16)23/h3-10,12H,1-2H3,(H,25,28)/t12-/m0/s1. The van der Waals surface area contributed by atoms with Crippen molar-refractivity contribution in [1.29, 1.82) is 0 Å². The van der Waals surface area contributed by atoms with E-state index in [-0.39, 0.29) is 5.15 Å². The van der Waals surface area contributed by atoms with Gasteiger partial charge in [0.25, 0.3) is 5.91 Å². The number of esters is 1. The van der Waals surface area contributed by atoms with Crippen molar-refractivity contribution in [3.63, 3.8) is 0 Å². The van der Waals surface area contributed by atoms with Gasteiger partial charge in [-0.3, -0.25) is 4.79 Å². The molecule has 0 saturated carbocycles. The van der Waals surface area contributed by atoms with E-state index in [1.54, 1.807) is 35.0 Å². The van der Waals surface area contributed by atoms with Crippen LogP contribution in [0.4, 0.5) is 5.69 Å². The van der Waals surface area contributed by atoms with Gasteiger partial charge in [-0.15, -0.1) is 11.3 Å². The number of aryl methyl sites for hydroxylation is 1. The second-order valence-corrected chi connectivity index (χ2v) is 8.51. The van der Waals surface area contributed by atoms with Crippen LogP contribution < -0.4 is 5.32 Å². The molecule has 3 aromatic heterocycles. The summed E-state index contributed by atoms with van der Waals surface area (Å²) >= 11 is 13.2. The normalized spacial score (nSPS) is 12.0. The molecule has 158 valence electrons. The second-order valence-electron chi connectivity index (χ2n) is 6.68. The monoisotopic (exact) mass is 474 g/mol. The summed E-state index contributed by atoms with van der Waals surface area (Å²) in [6, 6.07) is 12.2. The van der Waals surface area contributed by atoms with Gasteiger partial charge in [-0.05, 0) is 56.3 Å². The fraction of sp³-hybridized carbons (Fsp3) is 0.143. The lowest BCUT2D eigenvalue weighted by Gasteiger charge is -2.13. The minimum atomic E-state index is -1.03. The quantitative estimate of drug-likeness (QED) is 0.314. The largest absolute Gasteiger partial charge is 0.448 e. The minimum Gasteiger partial charge on any atom is -0.448 e. The highest BCUT2D eigenvalue weighted by Gasteiger charge is 2.23. The maximum Gasteiger partial charge on any atom is 0.349 e. The number of ether oxygens (including phenoxy) is 1. The zero-order valence-electron chi connectivity index (χ0n) is 16.4. The molecule has 1 amide bonds. The molecule has 0 aliphatic carbocycles. The molecule has 0 radical (unpaired) electrons. The van der Waals surface area contributed by atoms with Gasteiger partial charge >= 0.3 is 5.97 Å². The molecule has 4 rings (SSSR count). The Bertz CT molecular complexity index is 1280. The van der Waals surface area contributed by atoms with Gasteiger partial charge in [0.15, 0.2) is 11.3 Å². The number of benzene rings is 1. The van der Waals surface area contributed by atoms with Crippen molar-refractivity contribution in [1.82, 2.24) is 14.8 Å². The molecule has 0 spiro atoms. The van der Waals surface area contributed by atoms with E-state index in [9.17, 15) is 9.59 Å². The van der Waals surface area contributed by atoms with E-state index in [1.165, 1.54) is 24.5 Å². The van der Waals surface area contributed by atoms with Crippen LogP contribution in [0.5, 0.6) is 0 Å². The van der Waals surface area contributed by atoms with Gasteiger partial charge in [-0.25, -0.2) is 14.5 Å². The number of thiophene rings is 1. The second kappa shape index (κ2) is 8.66. The van der Waals surface area contributed by atoms with Crippen molar-refractivity contribution in [2.45, 2.75) is 20.0 Å². The minimum absolute atomic E-state index is 0.154. The van der Waals surface area contributed by atoms with E-state index < -0.39 is 18.0 Å². The van der Waals surface area contributed by atoms with Gasteiger partial charge in [0.1, 0.15) is 9.71 Å². The zero-order chi connectivity index (χ0) is 22.1. The van der Waals surface area contributed by atoms with Gasteiger partial charge in [0.05, 0.1) is 17.1 Å². The lowest BCUT2D eigenvalue weighted by Crippen LogP contribution is -2.29. The summed E-state index contributed by atoms with van der Waals surface area (Å²) in [6.45, 7) is 3.36. The Hall–Kier alpha value is -2.94. The third-order valence-electron chi connectivity index (χ3n) is 4.49. The van der Waals surface area contributed by atoms with Crippen LogP contribution in [0.2, 0.25) is 10.2 Å². The van der Waals surface area contributed by atoms with Crippen molar-refractivity contribution in [3.05, 3.63) is 69.4 Å². The number of hydrogen-bond donors (Lipinski definition) is 1. The van der Waals surface area contributed by atoms with Crippen LogP contribution in [0.15, 0.2) is 48.7 Å². The smallest absolute Gasteiger partial charge is 0.349 e. The summed E-state index contributed by atoms with van der Waals surface area (Å²) in [5.41, 5.74) is 1.94. The molecule has 7 nitrogen and oxygen atoms in total. The zero-order valence-corrected chi connectivity index (χ0v) is 18.8. The molecule has 0 saturated heterocycles. The number of anilines is 1. The molecule has 1 atom stereocenters. The topological polar surface area (TPSA) is 86.1 Å². The van der Waals surface area contributed by atoms with Gasteiger partial charge < -0.3 is 10.1 Å². The number of halogens is 2. The summed E-state index contributed by atoms with van der Waals surface area (Å²) in [6.07, 6.45) is 0.485. The van der Waals surface area contributed by atoms with E-state index in [1.807, 2.05) is 19.1 Å². The van der Waals surface area contributed by atoms with Crippen LogP contribution >= 0.6 is 34.5 Å². The van der Waals surface area contributed by atoms with Crippen LogP contribution in [0.3, 0.4) is 0 Å². The first-order valence-electron chi connectivity index (χ1n) is 9.21. The van der Waals surface area contributed by atoms with Crippen LogP contribution in [0.25, 0.3) is 15.9 Å². The Morgan fingerprint density at radius 1 is 1.19 bits per heavy atom. The van der Waals surface area contributed by atoms with Crippen molar-refractivity contribution >= 4 is 62.3 Å². The number of fused-ring (bicyclic) bond motifs is 1. The molecule has 4 aromatic rings. The molecule has 31 heavy (non-hydrogen) atoms. The summed E-state index contributed by atoms with van der Waals surface area (Å²) < 4.78 is 7.11. The molecule has 1 aromatic carbocycles. The lowest BCUT2D eigenvalue weighted by atomic mass is 10.3. The molecule has 0 bridgehead atoms. The number of nitrogens with zero attached hydrogens (tertiary/aromatic N) is 3. The highest BCUT2D eigenvalue weighted by Crippen LogP contribution is 2.31. The van der Waals surface area contributed by atoms with E-state index in [0.717, 1.165) is 21.6 Å². The molecule has 0 aliphatic rings. The number of carbonyl (C=O) groups excluding carboxylic acids is 2. The number of nitrogens with one attached hydrogen (secondary N) is 1. The first-order valence-corrected chi connectivity index (χ1v) is 10.8. The van der Waals surface area contributed by atoms with E-state index in [0.29, 0.717) is 15.6 Å². The van der Waals surface area contributed by atoms with Crippen LogP contribution in [0, 0.1) is 6.92 Å².